The smallest absolute Gasteiger partial charge is 0.261 e. The lowest BCUT2D eigenvalue weighted by molar-refractivity contribution is 0.0783. The SMILES string of the molecule is CO[C@H]1CNCC1NC(=O)c1cc2ccccc2s1. The molecule has 1 fully saturated rings. The predicted octanol–water partition coefficient (Wildman–Crippen LogP) is 1.62. The molecule has 3 rings (SSSR count). The fraction of sp³-hybridized carbons (Fsp3) is 0.357. The molecular weight excluding hydrogens is 260 g/mol. The number of fused-ring (bicyclic) bond motifs is 1. The second-order valence-electron chi connectivity index (χ2n) is 4.66. The van der Waals surface area contributed by atoms with Crippen molar-refractivity contribution in [2.75, 3.05) is 20.2 Å². The van der Waals surface area contributed by atoms with Crippen molar-refractivity contribution < 1.29 is 9.53 Å². The molecule has 1 aromatic carbocycles. The number of hydrogen-bond donors (Lipinski definition) is 2. The summed E-state index contributed by atoms with van der Waals surface area (Å²) in [5, 5.41) is 7.38. The van der Waals surface area contributed by atoms with Crippen LogP contribution < -0.4 is 10.6 Å². The minimum atomic E-state index is -0.0167. The van der Waals surface area contributed by atoms with E-state index >= 15 is 0 Å². The van der Waals surface area contributed by atoms with Crippen LogP contribution in [0.2, 0.25) is 0 Å². The average molecular weight is 276 g/mol. The number of nitrogens with one attached hydrogen (secondary N) is 2. The van der Waals surface area contributed by atoms with E-state index in [0.29, 0.717) is 0 Å². The molecular formula is C14H16N2O2S. The molecule has 0 spiro atoms. The van der Waals surface area contributed by atoms with Crippen LogP contribution >= 0.6 is 11.3 Å². The van der Waals surface area contributed by atoms with Crippen LogP contribution in [0.25, 0.3) is 10.1 Å². The Labute approximate surface area is 115 Å². The Kier molecular flexibility index (Phi) is 3.50. The molecule has 0 bridgehead atoms. The minimum Gasteiger partial charge on any atom is -0.378 e. The van der Waals surface area contributed by atoms with Gasteiger partial charge in [-0.05, 0) is 17.5 Å². The maximum atomic E-state index is 12.2. The molecule has 4 nitrogen and oxygen atoms in total. The van der Waals surface area contributed by atoms with Crippen molar-refractivity contribution in [3.8, 4) is 0 Å². The van der Waals surface area contributed by atoms with E-state index in [1.54, 1.807) is 7.11 Å². The predicted molar refractivity (Wildman–Crippen MR) is 76.7 cm³/mol. The standard InChI is InChI=1S/C14H16N2O2S/c1-18-11-8-15-7-10(11)16-14(17)13-6-9-4-2-3-5-12(9)19-13/h2-6,10-11,15H,7-8H2,1H3,(H,16,17)/t10?,11-/m0/s1. The van der Waals surface area contributed by atoms with Crippen LogP contribution in [0.3, 0.4) is 0 Å². The second-order valence-corrected chi connectivity index (χ2v) is 5.74. The highest BCUT2D eigenvalue weighted by molar-refractivity contribution is 7.20. The molecule has 2 heterocycles. The lowest BCUT2D eigenvalue weighted by atomic mass is 10.2. The van der Waals surface area contributed by atoms with Crippen molar-refractivity contribution in [3.63, 3.8) is 0 Å². The van der Waals surface area contributed by atoms with Crippen molar-refractivity contribution in [1.29, 1.82) is 0 Å². The zero-order valence-corrected chi connectivity index (χ0v) is 11.5. The van der Waals surface area contributed by atoms with E-state index in [2.05, 4.69) is 10.6 Å². The second kappa shape index (κ2) is 5.28. The Balaban J connectivity index is 1.76. The van der Waals surface area contributed by atoms with Crippen molar-refractivity contribution in [1.82, 2.24) is 10.6 Å². The molecule has 5 heteroatoms. The van der Waals surface area contributed by atoms with Gasteiger partial charge in [0.25, 0.3) is 5.91 Å². The van der Waals surface area contributed by atoms with Gasteiger partial charge >= 0.3 is 0 Å². The molecule has 1 aliphatic heterocycles. The van der Waals surface area contributed by atoms with E-state index in [-0.39, 0.29) is 18.1 Å². The Hall–Kier alpha value is -1.43. The van der Waals surface area contributed by atoms with E-state index < -0.39 is 0 Å². The van der Waals surface area contributed by atoms with E-state index in [0.717, 1.165) is 28.1 Å². The maximum Gasteiger partial charge on any atom is 0.261 e. The first-order valence-corrected chi connectivity index (χ1v) is 7.12. The van der Waals surface area contributed by atoms with Crippen molar-refractivity contribution in [2.24, 2.45) is 0 Å². The largest absolute Gasteiger partial charge is 0.378 e. The highest BCUT2D eigenvalue weighted by Crippen LogP contribution is 2.25. The highest BCUT2D eigenvalue weighted by atomic mass is 32.1. The van der Waals surface area contributed by atoms with E-state index in [1.165, 1.54) is 11.3 Å². The molecule has 1 aliphatic rings. The molecule has 0 radical (unpaired) electrons. The van der Waals surface area contributed by atoms with Gasteiger partial charge in [-0.15, -0.1) is 11.3 Å². The first kappa shape index (κ1) is 12.6. The molecule has 2 N–H and O–H groups in total. The minimum absolute atomic E-state index is 0.0167. The van der Waals surface area contributed by atoms with Crippen LogP contribution in [0.1, 0.15) is 9.67 Å². The first-order valence-electron chi connectivity index (χ1n) is 6.31. The maximum absolute atomic E-state index is 12.2. The number of rotatable bonds is 3. The molecule has 0 aliphatic carbocycles. The summed E-state index contributed by atoms with van der Waals surface area (Å²) >= 11 is 1.52. The third-order valence-corrected chi connectivity index (χ3v) is 4.54. The van der Waals surface area contributed by atoms with Gasteiger partial charge in [0.05, 0.1) is 17.0 Å². The van der Waals surface area contributed by atoms with Gasteiger partial charge in [-0.25, -0.2) is 0 Å². The summed E-state index contributed by atoms with van der Waals surface area (Å²) in [4.78, 5) is 13.0. The van der Waals surface area contributed by atoms with Gasteiger partial charge in [-0.3, -0.25) is 4.79 Å². The van der Waals surface area contributed by atoms with E-state index in [4.69, 9.17) is 4.74 Å². The Morgan fingerprint density at radius 1 is 1.42 bits per heavy atom. The lowest BCUT2D eigenvalue weighted by Crippen LogP contribution is -2.43. The third kappa shape index (κ3) is 2.49. The molecule has 100 valence electrons. The molecule has 2 atom stereocenters. The Morgan fingerprint density at radius 3 is 3.05 bits per heavy atom. The molecule has 1 saturated heterocycles. The number of thiophene rings is 1. The normalized spacial score (nSPS) is 22.8. The summed E-state index contributed by atoms with van der Waals surface area (Å²) in [6, 6.07) is 10.0. The lowest BCUT2D eigenvalue weighted by Gasteiger charge is -2.17. The summed E-state index contributed by atoms with van der Waals surface area (Å²) < 4.78 is 6.48. The number of amides is 1. The fourth-order valence-electron chi connectivity index (χ4n) is 2.38. The molecule has 1 aromatic heterocycles. The van der Waals surface area contributed by atoms with Crippen molar-refractivity contribution in [3.05, 3.63) is 35.2 Å². The number of methoxy groups -OCH3 is 1. The van der Waals surface area contributed by atoms with Crippen molar-refractivity contribution >= 4 is 27.3 Å². The van der Waals surface area contributed by atoms with Gasteiger partial charge in [0, 0.05) is 24.9 Å². The van der Waals surface area contributed by atoms with Crippen LogP contribution in [0.5, 0.6) is 0 Å². The highest BCUT2D eigenvalue weighted by Gasteiger charge is 2.28. The number of carbonyl (C=O) groups is 1. The van der Waals surface area contributed by atoms with E-state index in [9.17, 15) is 4.79 Å². The van der Waals surface area contributed by atoms with Crippen LogP contribution in [-0.2, 0) is 4.74 Å². The fourth-order valence-corrected chi connectivity index (χ4v) is 3.35. The molecule has 0 saturated carbocycles. The molecule has 2 aromatic rings. The van der Waals surface area contributed by atoms with Gasteiger partial charge < -0.3 is 15.4 Å². The summed E-state index contributed by atoms with van der Waals surface area (Å²) in [7, 11) is 1.68. The van der Waals surface area contributed by atoms with Crippen LogP contribution in [0.15, 0.2) is 30.3 Å². The molecule has 19 heavy (non-hydrogen) atoms. The number of ether oxygens (including phenoxy) is 1. The summed E-state index contributed by atoms with van der Waals surface area (Å²) in [5.41, 5.74) is 0. The summed E-state index contributed by atoms with van der Waals surface area (Å²) in [6.45, 7) is 1.54. The Morgan fingerprint density at radius 2 is 2.26 bits per heavy atom. The third-order valence-electron chi connectivity index (χ3n) is 3.43. The Bertz CT molecular complexity index is 563. The monoisotopic (exact) mass is 276 g/mol. The van der Waals surface area contributed by atoms with Gasteiger partial charge in [-0.1, -0.05) is 18.2 Å². The zero-order chi connectivity index (χ0) is 13.2. The average Bonchev–Trinajstić information content (AvgIpc) is 3.03. The van der Waals surface area contributed by atoms with Gasteiger partial charge in [-0.2, -0.15) is 0 Å². The number of benzene rings is 1. The van der Waals surface area contributed by atoms with Crippen molar-refractivity contribution in [2.45, 2.75) is 12.1 Å². The van der Waals surface area contributed by atoms with Crippen LogP contribution in [0.4, 0.5) is 0 Å². The number of hydrogen-bond acceptors (Lipinski definition) is 4. The first-order chi connectivity index (χ1) is 9.28. The molecule has 1 amide bonds. The number of carbonyl (C=O) groups excluding carboxylic acids is 1. The van der Waals surface area contributed by atoms with Crippen LogP contribution in [-0.4, -0.2) is 38.3 Å². The zero-order valence-electron chi connectivity index (χ0n) is 10.7. The van der Waals surface area contributed by atoms with Gasteiger partial charge in [0.2, 0.25) is 0 Å². The summed E-state index contributed by atoms with van der Waals surface area (Å²) in [6.07, 6.45) is 0.0540. The van der Waals surface area contributed by atoms with E-state index in [1.807, 2.05) is 30.3 Å². The van der Waals surface area contributed by atoms with Crippen LogP contribution in [0, 0.1) is 0 Å². The topological polar surface area (TPSA) is 50.4 Å². The van der Waals surface area contributed by atoms with Gasteiger partial charge in [0.1, 0.15) is 0 Å². The molecule has 1 unspecified atom stereocenters. The summed E-state index contributed by atoms with van der Waals surface area (Å²) in [5.74, 6) is -0.0167. The quantitative estimate of drug-likeness (QED) is 0.895. The van der Waals surface area contributed by atoms with Gasteiger partial charge in [0.15, 0.2) is 0 Å².